The fraction of sp³-hybridized carbons (Fsp3) is 0.250. The number of nitrogens with one attached hydrogen (secondary N) is 1. The lowest BCUT2D eigenvalue weighted by atomic mass is 10.2. The number of carbonyl (C=O) groups is 1. The van der Waals surface area contributed by atoms with Crippen LogP contribution in [-0.4, -0.2) is 58.3 Å². The topological polar surface area (TPSA) is 119 Å². The number of rotatable bonds is 3. The number of methoxy groups -OCH3 is 2. The van der Waals surface area contributed by atoms with E-state index in [0.717, 1.165) is 31.5 Å². The first-order valence-electron chi connectivity index (χ1n) is 10.00. The van der Waals surface area contributed by atoms with Crippen LogP contribution in [0, 0.1) is 24.7 Å². The van der Waals surface area contributed by atoms with E-state index in [-0.39, 0.29) is 5.91 Å². The maximum atomic E-state index is 10.8. The Morgan fingerprint density at radius 3 is 2.36 bits per heavy atom. The summed E-state index contributed by atoms with van der Waals surface area (Å²) < 4.78 is 10.4. The molecule has 170 valence electrons. The molecule has 1 aromatic carbocycles. The van der Waals surface area contributed by atoms with E-state index in [0.29, 0.717) is 34.0 Å². The Kier molecular flexibility index (Phi) is 9.29. The number of aromatic amines is 1. The van der Waals surface area contributed by atoms with Gasteiger partial charge in [-0.3, -0.25) is 9.89 Å². The van der Waals surface area contributed by atoms with Gasteiger partial charge in [0, 0.05) is 24.7 Å². The summed E-state index contributed by atoms with van der Waals surface area (Å²) in [4.78, 5) is 20.6. The SMILES string of the molecule is C#C.C=CC(=O)N1CCCC1.COc1cc(C#Cc2[nH]nc3ncnc(N)c23)cc(OC)c1. The van der Waals surface area contributed by atoms with Gasteiger partial charge in [-0.1, -0.05) is 12.5 Å². The minimum atomic E-state index is 0.0764. The fourth-order valence-electron chi connectivity index (χ4n) is 3.05. The number of nitrogens with two attached hydrogens (primary N) is 1. The van der Waals surface area contributed by atoms with E-state index < -0.39 is 0 Å². The lowest BCUT2D eigenvalue weighted by Gasteiger charge is -2.10. The van der Waals surface area contributed by atoms with E-state index in [1.54, 1.807) is 20.3 Å². The Balaban J connectivity index is 0.000000293. The van der Waals surface area contributed by atoms with Gasteiger partial charge in [-0.2, -0.15) is 5.10 Å². The molecule has 33 heavy (non-hydrogen) atoms. The summed E-state index contributed by atoms with van der Waals surface area (Å²) in [6, 6.07) is 5.41. The minimum absolute atomic E-state index is 0.0764. The summed E-state index contributed by atoms with van der Waals surface area (Å²) in [6.07, 6.45) is 13.0. The first-order valence-corrected chi connectivity index (χ1v) is 10.00. The van der Waals surface area contributed by atoms with E-state index >= 15 is 0 Å². The molecular weight excluding hydrogens is 420 g/mol. The fourth-order valence-corrected chi connectivity index (χ4v) is 3.05. The number of carbonyl (C=O) groups excluding carboxylic acids is 1. The zero-order valence-electron chi connectivity index (χ0n) is 18.7. The van der Waals surface area contributed by atoms with E-state index in [4.69, 9.17) is 15.2 Å². The standard InChI is InChI=1S/C15H13N5O2.C7H11NO.C2H2/c1-21-10-5-9(6-11(7-10)22-2)3-4-12-13-14(16)17-8-18-15(13)20-19-12;1-2-7(9)8-5-3-4-6-8;1-2/h5-8H,1-2H3,(H3,16,17,18,19,20);2H,1,3-6H2;1-2H. The molecule has 1 aliphatic heterocycles. The highest BCUT2D eigenvalue weighted by atomic mass is 16.5. The van der Waals surface area contributed by atoms with Crippen LogP contribution in [-0.2, 0) is 4.79 Å². The summed E-state index contributed by atoms with van der Waals surface area (Å²) in [6.45, 7) is 5.26. The van der Waals surface area contributed by atoms with Crippen LogP contribution in [0.1, 0.15) is 24.1 Å². The van der Waals surface area contributed by atoms with Crippen molar-refractivity contribution in [3.63, 3.8) is 0 Å². The number of nitrogens with zero attached hydrogens (tertiary/aromatic N) is 4. The highest BCUT2D eigenvalue weighted by Gasteiger charge is 2.14. The second kappa shape index (κ2) is 12.4. The van der Waals surface area contributed by atoms with Gasteiger partial charge in [0.15, 0.2) is 5.65 Å². The number of fused-ring (bicyclic) bond motifs is 1. The number of benzene rings is 1. The van der Waals surface area contributed by atoms with Gasteiger partial charge < -0.3 is 20.1 Å². The Hall–Kier alpha value is -4.50. The van der Waals surface area contributed by atoms with Gasteiger partial charge in [0.25, 0.3) is 0 Å². The van der Waals surface area contributed by atoms with E-state index in [1.807, 2.05) is 17.0 Å². The van der Waals surface area contributed by atoms with Gasteiger partial charge in [0.05, 0.1) is 19.6 Å². The average molecular weight is 447 g/mol. The number of terminal acetylenes is 1. The molecule has 1 fully saturated rings. The molecule has 1 amide bonds. The van der Waals surface area contributed by atoms with Crippen molar-refractivity contribution in [2.24, 2.45) is 0 Å². The zero-order valence-corrected chi connectivity index (χ0v) is 18.7. The van der Waals surface area contributed by atoms with Crippen molar-refractivity contribution in [2.45, 2.75) is 12.8 Å². The molecule has 3 heterocycles. The second-order valence-corrected chi connectivity index (χ2v) is 6.64. The predicted octanol–water partition coefficient (Wildman–Crippen LogP) is 2.40. The van der Waals surface area contributed by atoms with Crippen molar-refractivity contribution in [1.82, 2.24) is 25.1 Å². The van der Waals surface area contributed by atoms with Crippen LogP contribution in [0.4, 0.5) is 5.82 Å². The van der Waals surface area contributed by atoms with Crippen LogP contribution in [0.15, 0.2) is 37.2 Å². The van der Waals surface area contributed by atoms with E-state index in [9.17, 15) is 4.79 Å². The van der Waals surface area contributed by atoms with Crippen LogP contribution in [0.3, 0.4) is 0 Å². The molecule has 0 atom stereocenters. The Labute approximate surface area is 193 Å². The van der Waals surface area contributed by atoms with Crippen LogP contribution in [0.2, 0.25) is 0 Å². The first-order chi connectivity index (χ1) is 16.0. The van der Waals surface area contributed by atoms with Crippen molar-refractivity contribution in [2.75, 3.05) is 33.0 Å². The summed E-state index contributed by atoms with van der Waals surface area (Å²) in [7, 11) is 3.18. The van der Waals surface area contributed by atoms with Gasteiger partial charge in [0.1, 0.15) is 29.3 Å². The molecule has 4 rings (SSSR count). The highest BCUT2D eigenvalue weighted by molar-refractivity contribution is 5.90. The Morgan fingerprint density at radius 1 is 1.15 bits per heavy atom. The molecule has 0 saturated carbocycles. The van der Waals surface area contributed by atoms with Gasteiger partial charge >= 0.3 is 0 Å². The molecule has 2 aromatic heterocycles. The number of H-pyrrole nitrogens is 1. The van der Waals surface area contributed by atoms with Crippen molar-refractivity contribution < 1.29 is 14.3 Å². The summed E-state index contributed by atoms with van der Waals surface area (Å²) in [5.41, 5.74) is 7.64. The number of ether oxygens (including phenoxy) is 2. The number of amides is 1. The van der Waals surface area contributed by atoms with Crippen molar-refractivity contribution in [3.8, 4) is 36.2 Å². The van der Waals surface area contributed by atoms with Gasteiger partial charge in [-0.25, -0.2) is 9.97 Å². The number of nitrogen functional groups attached to an aromatic ring is 1. The third-order valence-electron chi connectivity index (χ3n) is 4.66. The third kappa shape index (κ3) is 6.49. The molecule has 3 N–H and O–H groups in total. The van der Waals surface area contributed by atoms with Crippen molar-refractivity contribution in [1.29, 1.82) is 0 Å². The molecule has 0 unspecified atom stereocenters. The molecular formula is C24H26N6O3. The lowest BCUT2D eigenvalue weighted by Crippen LogP contribution is -2.25. The number of anilines is 1. The first kappa shape index (κ1) is 24.8. The second-order valence-electron chi connectivity index (χ2n) is 6.64. The lowest BCUT2D eigenvalue weighted by molar-refractivity contribution is -0.124. The zero-order chi connectivity index (χ0) is 24.2. The normalized spacial score (nSPS) is 11.7. The number of hydrogen-bond donors (Lipinski definition) is 2. The van der Waals surface area contributed by atoms with Crippen LogP contribution < -0.4 is 15.2 Å². The molecule has 1 aliphatic rings. The summed E-state index contributed by atoms with van der Waals surface area (Å²) >= 11 is 0. The van der Waals surface area contributed by atoms with Gasteiger partial charge in [0.2, 0.25) is 5.91 Å². The third-order valence-corrected chi connectivity index (χ3v) is 4.66. The quantitative estimate of drug-likeness (QED) is 0.468. The van der Waals surface area contributed by atoms with E-state index in [1.165, 1.54) is 12.4 Å². The predicted molar refractivity (Wildman–Crippen MR) is 128 cm³/mol. The molecule has 9 heteroatoms. The summed E-state index contributed by atoms with van der Waals surface area (Å²) in [5, 5.41) is 7.48. The van der Waals surface area contributed by atoms with Crippen LogP contribution >= 0.6 is 0 Å². The molecule has 1 saturated heterocycles. The number of hydrogen-bond acceptors (Lipinski definition) is 7. The monoisotopic (exact) mass is 446 g/mol. The highest BCUT2D eigenvalue weighted by Crippen LogP contribution is 2.22. The molecule has 0 radical (unpaired) electrons. The van der Waals surface area contributed by atoms with Crippen molar-refractivity contribution in [3.05, 3.63) is 48.4 Å². The minimum Gasteiger partial charge on any atom is -0.497 e. The Bertz CT molecular complexity index is 1160. The average Bonchev–Trinajstić information content (AvgIpc) is 3.55. The maximum Gasteiger partial charge on any atom is 0.245 e. The summed E-state index contributed by atoms with van der Waals surface area (Å²) in [5.74, 6) is 7.76. The number of aromatic nitrogens is 4. The molecule has 3 aromatic rings. The molecule has 0 bridgehead atoms. The smallest absolute Gasteiger partial charge is 0.245 e. The largest absolute Gasteiger partial charge is 0.497 e. The Morgan fingerprint density at radius 2 is 1.79 bits per heavy atom. The maximum absolute atomic E-state index is 10.8. The number of likely N-dealkylation sites (tertiary alicyclic amines) is 1. The molecule has 0 spiro atoms. The molecule has 9 nitrogen and oxygen atoms in total. The van der Waals surface area contributed by atoms with Gasteiger partial charge in [-0.05, 0) is 37.0 Å². The van der Waals surface area contributed by atoms with Crippen LogP contribution in [0.25, 0.3) is 11.0 Å². The van der Waals surface area contributed by atoms with Crippen molar-refractivity contribution >= 4 is 22.8 Å². The van der Waals surface area contributed by atoms with Gasteiger partial charge in [-0.15, -0.1) is 12.8 Å². The molecule has 0 aliphatic carbocycles. The van der Waals surface area contributed by atoms with Crippen LogP contribution in [0.5, 0.6) is 11.5 Å². The van der Waals surface area contributed by atoms with E-state index in [2.05, 4.69) is 51.4 Å².